The molecule has 13 heavy (non-hydrogen) atoms. The highest BCUT2D eigenvalue weighted by Gasteiger charge is 2.21. The Morgan fingerprint density at radius 1 is 1.38 bits per heavy atom. The Kier molecular flexibility index (Phi) is 6.77. The zero-order chi connectivity index (χ0) is 10.3. The Balaban J connectivity index is 3.55. The first-order chi connectivity index (χ1) is 6.04. The third-order valence-electron chi connectivity index (χ3n) is 2.23. The summed E-state index contributed by atoms with van der Waals surface area (Å²) in [5, 5.41) is 9.07. The number of thiol groups is 1. The maximum atomic E-state index is 9.07. The SMILES string of the molecule is CN(CCOCCS)C(C)(C)CO. The molecule has 0 aliphatic heterocycles. The molecule has 0 heterocycles. The van der Waals surface area contributed by atoms with Gasteiger partial charge in [0.05, 0.1) is 19.8 Å². The number of hydrogen-bond donors (Lipinski definition) is 2. The lowest BCUT2D eigenvalue weighted by Crippen LogP contribution is -2.45. The van der Waals surface area contributed by atoms with Crippen molar-refractivity contribution in [1.29, 1.82) is 0 Å². The predicted octanol–water partition coefficient (Wildman–Crippen LogP) is 0.635. The van der Waals surface area contributed by atoms with Crippen molar-refractivity contribution < 1.29 is 9.84 Å². The summed E-state index contributed by atoms with van der Waals surface area (Å²) in [6.45, 7) is 6.39. The molecule has 80 valence electrons. The van der Waals surface area contributed by atoms with Crippen LogP contribution in [0.5, 0.6) is 0 Å². The van der Waals surface area contributed by atoms with E-state index < -0.39 is 0 Å². The fourth-order valence-corrected chi connectivity index (χ4v) is 0.921. The van der Waals surface area contributed by atoms with Gasteiger partial charge in [0.25, 0.3) is 0 Å². The largest absolute Gasteiger partial charge is 0.394 e. The van der Waals surface area contributed by atoms with E-state index >= 15 is 0 Å². The second-order valence-electron chi connectivity index (χ2n) is 3.73. The maximum absolute atomic E-state index is 9.07. The summed E-state index contributed by atoms with van der Waals surface area (Å²) in [5.41, 5.74) is -0.162. The van der Waals surface area contributed by atoms with Gasteiger partial charge in [0.15, 0.2) is 0 Å². The van der Waals surface area contributed by atoms with Crippen molar-refractivity contribution in [2.45, 2.75) is 19.4 Å². The third kappa shape index (κ3) is 5.52. The highest BCUT2D eigenvalue weighted by atomic mass is 32.1. The Labute approximate surface area is 86.5 Å². The molecule has 0 aromatic rings. The van der Waals surface area contributed by atoms with Gasteiger partial charge in [-0.3, -0.25) is 4.90 Å². The highest BCUT2D eigenvalue weighted by Crippen LogP contribution is 2.09. The molecule has 3 nitrogen and oxygen atoms in total. The van der Waals surface area contributed by atoms with E-state index in [1.54, 1.807) is 0 Å². The van der Waals surface area contributed by atoms with Crippen LogP contribution in [-0.4, -0.2) is 54.7 Å². The number of aliphatic hydroxyl groups excluding tert-OH is 1. The Morgan fingerprint density at radius 3 is 2.46 bits per heavy atom. The second kappa shape index (κ2) is 6.65. The zero-order valence-corrected chi connectivity index (χ0v) is 9.68. The molecule has 0 unspecified atom stereocenters. The summed E-state index contributed by atoms with van der Waals surface area (Å²) < 4.78 is 5.29. The van der Waals surface area contributed by atoms with Gasteiger partial charge in [0.2, 0.25) is 0 Å². The van der Waals surface area contributed by atoms with Crippen molar-refractivity contribution in [2.75, 3.05) is 39.2 Å². The lowest BCUT2D eigenvalue weighted by Gasteiger charge is -2.33. The van der Waals surface area contributed by atoms with Gasteiger partial charge in [0.1, 0.15) is 0 Å². The van der Waals surface area contributed by atoms with Crippen LogP contribution in [0.3, 0.4) is 0 Å². The van der Waals surface area contributed by atoms with Gasteiger partial charge in [-0.2, -0.15) is 12.6 Å². The van der Waals surface area contributed by atoms with E-state index in [4.69, 9.17) is 9.84 Å². The van der Waals surface area contributed by atoms with Gasteiger partial charge in [-0.15, -0.1) is 0 Å². The molecule has 0 atom stereocenters. The number of likely N-dealkylation sites (N-methyl/N-ethyl adjacent to an activating group) is 1. The molecule has 0 amide bonds. The van der Waals surface area contributed by atoms with Crippen molar-refractivity contribution in [3.05, 3.63) is 0 Å². The summed E-state index contributed by atoms with van der Waals surface area (Å²) in [4.78, 5) is 2.09. The fraction of sp³-hybridized carbons (Fsp3) is 1.00. The summed E-state index contributed by atoms with van der Waals surface area (Å²) in [6, 6.07) is 0. The molecule has 0 aliphatic rings. The van der Waals surface area contributed by atoms with Crippen LogP contribution in [0.1, 0.15) is 13.8 Å². The van der Waals surface area contributed by atoms with Gasteiger partial charge in [0, 0.05) is 17.8 Å². The first kappa shape index (κ1) is 13.2. The summed E-state index contributed by atoms with van der Waals surface area (Å²) >= 11 is 4.04. The lowest BCUT2D eigenvalue weighted by atomic mass is 10.1. The topological polar surface area (TPSA) is 32.7 Å². The molecule has 0 saturated carbocycles. The molecular weight excluding hydrogens is 186 g/mol. The fourth-order valence-electron chi connectivity index (χ4n) is 0.791. The van der Waals surface area contributed by atoms with Crippen LogP contribution >= 0.6 is 12.6 Å². The molecular formula is C9H21NO2S. The van der Waals surface area contributed by atoms with E-state index in [1.165, 1.54) is 0 Å². The van der Waals surface area contributed by atoms with Crippen LogP contribution in [0, 0.1) is 0 Å². The molecule has 0 saturated heterocycles. The monoisotopic (exact) mass is 207 g/mol. The van der Waals surface area contributed by atoms with Crippen LogP contribution in [0.4, 0.5) is 0 Å². The Hall–Kier alpha value is 0.230. The number of ether oxygens (including phenoxy) is 1. The van der Waals surface area contributed by atoms with E-state index in [2.05, 4.69) is 17.5 Å². The van der Waals surface area contributed by atoms with Gasteiger partial charge >= 0.3 is 0 Å². The first-order valence-electron chi connectivity index (χ1n) is 4.55. The summed E-state index contributed by atoms with van der Waals surface area (Å²) in [6.07, 6.45) is 0. The van der Waals surface area contributed by atoms with Crippen LogP contribution in [0.2, 0.25) is 0 Å². The first-order valence-corrected chi connectivity index (χ1v) is 5.18. The number of hydrogen-bond acceptors (Lipinski definition) is 4. The van der Waals surface area contributed by atoms with Crippen LogP contribution < -0.4 is 0 Å². The van der Waals surface area contributed by atoms with Gasteiger partial charge < -0.3 is 9.84 Å². The van der Waals surface area contributed by atoms with E-state index in [0.29, 0.717) is 13.2 Å². The highest BCUT2D eigenvalue weighted by molar-refractivity contribution is 7.80. The molecule has 0 spiro atoms. The molecule has 0 radical (unpaired) electrons. The van der Waals surface area contributed by atoms with Crippen molar-refractivity contribution >= 4 is 12.6 Å². The quantitative estimate of drug-likeness (QED) is 0.474. The Morgan fingerprint density at radius 2 is 2.00 bits per heavy atom. The molecule has 1 N–H and O–H groups in total. The maximum Gasteiger partial charge on any atom is 0.0609 e. The van der Waals surface area contributed by atoms with Gasteiger partial charge in [-0.05, 0) is 20.9 Å². The van der Waals surface area contributed by atoms with Crippen molar-refractivity contribution in [3.63, 3.8) is 0 Å². The van der Waals surface area contributed by atoms with Crippen molar-refractivity contribution in [3.8, 4) is 0 Å². The smallest absolute Gasteiger partial charge is 0.0609 e. The molecule has 0 aliphatic carbocycles. The minimum absolute atomic E-state index is 0.162. The van der Waals surface area contributed by atoms with E-state index in [-0.39, 0.29) is 12.1 Å². The lowest BCUT2D eigenvalue weighted by molar-refractivity contribution is 0.0471. The van der Waals surface area contributed by atoms with Crippen LogP contribution in [-0.2, 0) is 4.74 Å². The third-order valence-corrected chi connectivity index (χ3v) is 2.41. The van der Waals surface area contributed by atoms with Crippen molar-refractivity contribution in [1.82, 2.24) is 4.90 Å². The summed E-state index contributed by atoms with van der Waals surface area (Å²) in [5.74, 6) is 0.757. The standard InChI is InChI=1S/C9H21NO2S/c1-9(2,8-11)10(3)4-5-12-6-7-13/h11,13H,4-8H2,1-3H3. The van der Waals surface area contributed by atoms with Crippen LogP contribution in [0.25, 0.3) is 0 Å². The molecule has 0 aromatic heterocycles. The number of aliphatic hydroxyl groups is 1. The molecule has 0 aromatic carbocycles. The minimum atomic E-state index is -0.162. The normalized spacial score (nSPS) is 12.5. The summed E-state index contributed by atoms with van der Waals surface area (Å²) in [7, 11) is 1.99. The van der Waals surface area contributed by atoms with E-state index in [1.807, 2.05) is 20.9 Å². The molecule has 0 fully saturated rings. The average Bonchev–Trinajstić information content (AvgIpc) is 2.12. The zero-order valence-electron chi connectivity index (χ0n) is 8.79. The van der Waals surface area contributed by atoms with E-state index in [0.717, 1.165) is 12.3 Å². The molecule has 4 heteroatoms. The molecule has 0 bridgehead atoms. The van der Waals surface area contributed by atoms with Gasteiger partial charge in [-0.25, -0.2) is 0 Å². The van der Waals surface area contributed by atoms with Crippen LogP contribution in [0.15, 0.2) is 0 Å². The predicted molar refractivity (Wildman–Crippen MR) is 58.5 cm³/mol. The Bertz CT molecular complexity index is 131. The second-order valence-corrected chi connectivity index (χ2v) is 4.18. The number of rotatable bonds is 7. The molecule has 0 rings (SSSR count). The van der Waals surface area contributed by atoms with Gasteiger partial charge in [-0.1, -0.05) is 0 Å². The average molecular weight is 207 g/mol. The van der Waals surface area contributed by atoms with E-state index in [9.17, 15) is 0 Å². The minimum Gasteiger partial charge on any atom is -0.394 e. The number of nitrogens with zero attached hydrogens (tertiary/aromatic N) is 1. The van der Waals surface area contributed by atoms with Crippen molar-refractivity contribution in [2.24, 2.45) is 0 Å².